The number of aliphatic hydroxyl groups is 1. The average molecular weight is 277 g/mol. The molecule has 1 aromatic heterocycles. The van der Waals surface area contributed by atoms with E-state index in [-0.39, 0.29) is 12.5 Å². The zero-order valence-electron chi connectivity index (χ0n) is 11.3. The molecule has 0 radical (unpaired) electrons. The van der Waals surface area contributed by atoms with Crippen LogP contribution in [0, 0.1) is 23.7 Å². The Balaban J connectivity index is 1.98. The van der Waals surface area contributed by atoms with Crippen molar-refractivity contribution in [2.75, 3.05) is 13.2 Å². The first kappa shape index (κ1) is 14.1. The van der Waals surface area contributed by atoms with Gasteiger partial charge in [0.1, 0.15) is 6.61 Å². The largest absolute Gasteiger partial charge is 0.384 e. The minimum absolute atomic E-state index is 0.117. The van der Waals surface area contributed by atoms with Crippen LogP contribution in [-0.4, -0.2) is 29.1 Å². The number of thiophene rings is 1. The molecule has 1 aromatic rings. The van der Waals surface area contributed by atoms with Crippen molar-refractivity contribution < 1.29 is 9.90 Å². The number of likely N-dealkylation sites (tertiary alicyclic amines) is 1. The lowest BCUT2D eigenvalue weighted by atomic mass is 9.95. The highest BCUT2D eigenvalue weighted by Crippen LogP contribution is 2.27. The molecule has 1 N–H and O–H groups in total. The van der Waals surface area contributed by atoms with E-state index in [1.165, 1.54) is 0 Å². The number of aliphatic hydroxyl groups excluding tert-OH is 1. The second-order valence-corrected chi connectivity index (χ2v) is 6.38. The van der Waals surface area contributed by atoms with Crippen LogP contribution in [0.25, 0.3) is 0 Å². The van der Waals surface area contributed by atoms with Gasteiger partial charge in [0.15, 0.2) is 0 Å². The van der Waals surface area contributed by atoms with E-state index in [9.17, 15) is 4.79 Å². The maximum atomic E-state index is 11.9. The summed E-state index contributed by atoms with van der Waals surface area (Å²) in [6.07, 6.45) is 0.681. The molecule has 0 aliphatic carbocycles. The van der Waals surface area contributed by atoms with Gasteiger partial charge < -0.3 is 10.0 Å². The molecule has 1 amide bonds. The van der Waals surface area contributed by atoms with Gasteiger partial charge in [-0.3, -0.25) is 4.79 Å². The van der Waals surface area contributed by atoms with E-state index in [1.807, 2.05) is 17.0 Å². The minimum atomic E-state index is -0.117. The Labute approximate surface area is 118 Å². The van der Waals surface area contributed by atoms with Crippen molar-refractivity contribution in [3.05, 3.63) is 21.9 Å². The monoisotopic (exact) mass is 277 g/mol. The first-order chi connectivity index (χ1) is 9.10. The van der Waals surface area contributed by atoms with E-state index in [0.717, 1.165) is 16.3 Å². The molecular weight excluding hydrogens is 258 g/mol. The summed E-state index contributed by atoms with van der Waals surface area (Å²) in [4.78, 5) is 16.0. The first-order valence-corrected chi connectivity index (χ1v) is 7.38. The number of hydrogen-bond acceptors (Lipinski definition) is 3. The zero-order valence-corrected chi connectivity index (χ0v) is 12.2. The van der Waals surface area contributed by atoms with Crippen molar-refractivity contribution in [3.63, 3.8) is 0 Å². The second kappa shape index (κ2) is 6.23. The third-order valence-electron chi connectivity index (χ3n) is 3.49. The fraction of sp³-hybridized carbons (Fsp3) is 0.533. The Bertz CT molecular complexity index is 510. The number of carbonyl (C=O) groups excluding carboxylic acids is 1. The molecule has 0 spiro atoms. The highest BCUT2D eigenvalue weighted by Gasteiger charge is 2.31. The van der Waals surface area contributed by atoms with Crippen LogP contribution in [0.5, 0.6) is 0 Å². The summed E-state index contributed by atoms with van der Waals surface area (Å²) in [6, 6.07) is 3.96. The van der Waals surface area contributed by atoms with Gasteiger partial charge >= 0.3 is 0 Å². The van der Waals surface area contributed by atoms with E-state index >= 15 is 0 Å². The summed E-state index contributed by atoms with van der Waals surface area (Å²) in [7, 11) is 0. The molecule has 1 fully saturated rings. The minimum Gasteiger partial charge on any atom is -0.384 e. The SMILES string of the molecule is CC(C)C1CC(=O)N(Cc2ccc(C#CCO)s2)C1. The quantitative estimate of drug-likeness (QED) is 0.860. The number of hydrogen-bond donors (Lipinski definition) is 1. The Morgan fingerprint density at radius 3 is 2.95 bits per heavy atom. The summed E-state index contributed by atoms with van der Waals surface area (Å²) >= 11 is 1.59. The lowest BCUT2D eigenvalue weighted by molar-refractivity contribution is -0.128. The Morgan fingerprint density at radius 2 is 2.32 bits per heavy atom. The van der Waals surface area contributed by atoms with Gasteiger partial charge in [-0.25, -0.2) is 0 Å². The van der Waals surface area contributed by atoms with Crippen LogP contribution in [0.4, 0.5) is 0 Å². The number of nitrogens with zero attached hydrogens (tertiary/aromatic N) is 1. The molecule has 1 atom stereocenters. The van der Waals surface area contributed by atoms with Crippen LogP contribution in [0.1, 0.15) is 30.0 Å². The fourth-order valence-corrected chi connectivity index (χ4v) is 3.15. The van der Waals surface area contributed by atoms with Gasteiger partial charge in [-0.05, 0) is 24.0 Å². The normalized spacial score (nSPS) is 18.8. The molecule has 3 nitrogen and oxygen atoms in total. The Hall–Kier alpha value is -1.31. The van der Waals surface area contributed by atoms with Crippen LogP contribution in [0.3, 0.4) is 0 Å². The van der Waals surface area contributed by atoms with Gasteiger partial charge in [0.05, 0.1) is 11.4 Å². The molecule has 1 saturated heterocycles. The lowest BCUT2D eigenvalue weighted by Crippen LogP contribution is -2.24. The van der Waals surface area contributed by atoms with Gasteiger partial charge in [0.2, 0.25) is 5.91 Å². The molecular formula is C15H19NO2S. The summed E-state index contributed by atoms with van der Waals surface area (Å²) in [5.41, 5.74) is 0. The molecule has 0 aromatic carbocycles. The molecule has 102 valence electrons. The predicted molar refractivity (Wildman–Crippen MR) is 76.6 cm³/mol. The molecule has 1 unspecified atom stereocenters. The van der Waals surface area contributed by atoms with Crippen LogP contribution < -0.4 is 0 Å². The van der Waals surface area contributed by atoms with E-state index in [2.05, 4.69) is 25.7 Å². The number of rotatable bonds is 3. The molecule has 0 saturated carbocycles. The highest BCUT2D eigenvalue weighted by atomic mass is 32.1. The zero-order chi connectivity index (χ0) is 13.8. The van der Waals surface area contributed by atoms with Crippen LogP contribution >= 0.6 is 11.3 Å². The molecule has 2 heterocycles. The van der Waals surface area contributed by atoms with Gasteiger partial charge in [-0.2, -0.15) is 0 Å². The number of carbonyl (C=O) groups is 1. The molecule has 19 heavy (non-hydrogen) atoms. The molecule has 0 bridgehead atoms. The van der Waals surface area contributed by atoms with Crippen molar-refractivity contribution >= 4 is 17.2 Å². The van der Waals surface area contributed by atoms with Gasteiger partial charge in [-0.15, -0.1) is 11.3 Å². The third kappa shape index (κ3) is 3.59. The van der Waals surface area contributed by atoms with E-state index in [4.69, 9.17) is 5.11 Å². The van der Waals surface area contributed by atoms with Crippen molar-refractivity contribution in [1.29, 1.82) is 0 Å². The topological polar surface area (TPSA) is 40.5 Å². The first-order valence-electron chi connectivity index (χ1n) is 6.56. The van der Waals surface area contributed by atoms with Crippen LogP contribution in [-0.2, 0) is 11.3 Å². The van der Waals surface area contributed by atoms with Crippen molar-refractivity contribution in [1.82, 2.24) is 4.90 Å². The van der Waals surface area contributed by atoms with Crippen LogP contribution in [0.2, 0.25) is 0 Å². The van der Waals surface area contributed by atoms with E-state index in [0.29, 0.717) is 24.8 Å². The summed E-state index contributed by atoms with van der Waals surface area (Å²) in [5.74, 6) is 6.84. The molecule has 1 aliphatic rings. The predicted octanol–water partition coefficient (Wildman–Crippen LogP) is 2.10. The second-order valence-electron chi connectivity index (χ2n) is 5.21. The van der Waals surface area contributed by atoms with E-state index < -0.39 is 0 Å². The lowest BCUT2D eigenvalue weighted by Gasteiger charge is -2.17. The molecule has 4 heteroatoms. The molecule has 2 rings (SSSR count). The van der Waals surface area contributed by atoms with Crippen molar-refractivity contribution in [2.24, 2.45) is 11.8 Å². The van der Waals surface area contributed by atoms with Crippen molar-refractivity contribution in [3.8, 4) is 11.8 Å². The average Bonchev–Trinajstić information content (AvgIpc) is 2.95. The fourth-order valence-electron chi connectivity index (χ4n) is 2.25. The smallest absolute Gasteiger partial charge is 0.223 e. The van der Waals surface area contributed by atoms with Crippen LogP contribution in [0.15, 0.2) is 12.1 Å². The van der Waals surface area contributed by atoms with Crippen molar-refractivity contribution in [2.45, 2.75) is 26.8 Å². The maximum Gasteiger partial charge on any atom is 0.223 e. The maximum absolute atomic E-state index is 11.9. The summed E-state index contributed by atoms with van der Waals surface area (Å²) in [5, 5.41) is 8.66. The van der Waals surface area contributed by atoms with Gasteiger partial charge in [0, 0.05) is 17.8 Å². The highest BCUT2D eigenvalue weighted by molar-refractivity contribution is 7.12. The van der Waals surface area contributed by atoms with Gasteiger partial charge in [0.25, 0.3) is 0 Å². The Kier molecular flexibility index (Phi) is 4.62. The van der Waals surface area contributed by atoms with Gasteiger partial charge in [-0.1, -0.05) is 25.7 Å². The standard InChI is InChI=1S/C15H19NO2S/c1-11(2)12-8-15(18)16(9-12)10-14-6-5-13(19-14)4-3-7-17/h5-6,11-12,17H,7-10H2,1-2H3. The Morgan fingerprint density at radius 1 is 1.53 bits per heavy atom. The third-order valence-corrected chi connectivity index (χ3v) is 4.47. The molecule has 1 aliphatic heterocycles. The summed E-state index contributed by atoms with van der Waals surface area (Å²) < 4.78 is 0. The summed E-state index contributed by atoms with van der Waals surface area (Å²) in [6.45, 7) is 5.79. The number of amides is 1. The van der Waals surface area contributed by atoms with E-state index in [1.54, 1.807) is 11.3 Å².